The molecule has 0 spiro atoms. The van der Waals surface area contributed by atoms with Gasteiger partial charge in [0.25, 0.3) is 5.56 Å². The van der Waals surface area contributed by atoms with Crippen molar-refractivity contribution >= 4 is 5.65 Å². The van der Waals surface area contributed by atoms with Crippen molar-refractivity contribution in [1.29, 1.82) is 0 Å². The summed E-state index contributed by atoms with van der Waals surface area (Å²) >= 11 is 0. The van der Waals surface area contributed by atoms with Crippen molar-refractivity contribution in [3.05, 3.63) is 107 Å². The lowest BCUT2D eigenvalue weighted by molar-refractivity contribution is 0.415. The van der Waals surface area contributed by atoms with Gasteiger partial charge in [0.05, 0.1) is 36.2 Å². The van der Waals surface area contributed by atoms with E-state index in [1.165, 1.54) is 10.8 Å². The molecule has 1 N–H and O–H groups in total. The third-order valence-electron chi connectivity index (χ3n) is 6.06. The number of ether oxygens (including phenoxy) is 1. The van der Waals surface area contributed by atoms with Crippen LogP contribution in [0.2, 0.25) is 0 Å². The lowest BCUT2D eigenvalue weighted by Crippen LogP contribution is -2.21. The van der Waals surface area contributed by atoms with Crippen LogP contribution in [0, 0.1) is 0 Å². The van der Waals surface area contributed by atoms with Gasteiger partial charge in [0.15, 0.2) is 5.65 Å². The second-order valence-corrected chi connectivity index (χ2v) is 8.23. The van der Waals surface area contributed by atoms with Gasteiger partial charge >= 0.3 is 0 Å². The first kappa shape index (κ1) is 21.5. The number of aromatic amines is 1. The van der Waals surface area contributed by atoms with E-state index in [9.17, 15) is 4.79 Å². The number of benzene rings is 3. The number of nitrogens with zero attached hydrogens (tertiary/aromatic N) is 6. The molecule has 0 amide bonds. The summed E-state index contributed by atoms with van der Waals surface area (Å²) in [6.45, 7) is 0.236. The van der Waals surface area contributed by atoms with E-state index in [4.69, 9.17) is 9.72 Å². The number of nitrogens with one attached hydrogen (secondary N) is 1. The monoisotopic (exact) mass is 475 g/mol. The SMILES string of the molecule is COc1ccc(-c2c(Cn3cnnn3)nc3c(-c4ccccc4)c(-c4ccccc4)[nH]n3c2=O)cc1. The van der Waals surface area contributed by atoms with E-state index in [0.29, 0.717) is 22.7 Å². The molecule has 6 aromatic rings. The van der Waals surface area contributed by atoms with Crippen LogP contribution in [0.3, 0.4) is 0 Å². The van der Waals surface area contributed by atoms with E-state index < -0.39 is 0 Å². The molecule has 0 saturated heterocycles. The molecule has 0 saturated carbocycles. The predicted octanol–water partition coefficient (Wildman–Crippen LogP) is 4.07. The van der Waals surface area contributed by atoms with E-state index in [1.54, 1.807) is 11.8 Å². The van der Waals surface area contributed by atoms with E-state index >= 15 is 0 Å². The van der Waals surface area contributed by atoms with Crippen molar-refractivity contribution in [3.8, 4) is 39.3 Å². The largest absolute Gasteiger partial charge is 0.497 e. The highest BCUT2D eigenvalue weighted by molar-refractivity contribution is 5.91. The van der Waals surface area contributed by atoms with Gasteiger partial charge in [0.2, 0.25) is 0 Å². The maximum absolute atomic E-state index is 14.1. The number of rotatable bonds is 6. The number of hydrogen-bond acceptors (Lipinski definition) is 6. The fourth-order valence-corrected chi connectivity index (χ4v) is 4.38. The number of H-pyrrole nitrogens is 1. The Morgan fingerprint density at radius 2 is 1.50 bits per heavy atom. The Kier molecular flexibility index (Phi) is 5.34. The van der Waals surface area contributed by atoms with E-state index in [2.05, 4.69) is 20.6 Å². The second-order valence-electron chi connectivity index (χ2n) is 8.23. The normalized spacial score (nSPS) is 11.1. The number of methoxy groups -OCH3 is 1. The molecular weight excluding hydrogens is 454 g/mol. The maximum Gasteiger partial charge on any atom is 0.280 e. The van der Waals surface area contributed by atoms with Gasteiger partial charge < -0.3 is 4.74 Å². The summed E-state index contributed by atoms with van der Waals surface area (Å²) in [5.74, 6) is 0.701. The van der Waals surface area contributed by atoms with Gasteiger partial charge in [-0.1, -0.05) is 72.8 Å². The van der Waals surface area contributed by atoms with Crippen LogP contribution >= 0.6 is 0 Å². The molecule has 9 heteroatoms. The van der Waals surface area contributed by atoms with Crippen LogP contribution in [-0.2, 0) is 6.54 Å². The molecule has 0 fully saturated rings. The molecule has 0 aliphatic carbocycles. The number of tetrazole rings is 1. The van der Waals surface area contributed by atoms with Crippen LogP contribution in [0.25, 0.3) is 39.2 Å². The molecule has 6 rings (SSSR count). The fraction of sp³-hybridized carbons (Fsp3) is 0.0741. The molecule has 3 heterocycles. The summed E-state index contributed by atoms with van der Waals surface area (Å²) in [6.07, 6.45) is 1.51. The van der Waals surface area contributed by atoms with E-state index in [1.807, 2.05) is 84.9 Å². The first-order valence-electron chi connectivity index (χ1n) is 11.4. The van der Waals surface area contributed by atoms with Gasteiger partial charge in [-0.3, -0.25) is 9.89 Å². The second kappa shape index (κ2) is 8.95. The Morgan fingerprint density at radius 1 is 0.833 bits per heavy atom. The minimum absolute atomic E-state index is 0.215. The summed E-state index contributed by atoms with van der Waals surface area (Å²) < 4.78 is 8.38. The van der Waals surface area contributed by atoms with Crippen LogP contribution in [-0.4, -0.2) is 41.9 Å². The molecule has 3 aromatic carbocycles. The molecule has 0 atom stereocenters. The predicted molar refractivity (Wildman–Crippen MR) is 136 cm³/mol. The summed E-state index contributed by atoms with van der Waals surface area (Å²) in [5, 5.41) is 14.8. The first-order valence-corrected chi connectivity index (χ1v) is 11.4. The lowest BCUT2D eigenvalue weighted by atomic mass is 10.0. The first-order chi connectivity index (χ1) is 17.7. The highest BCUT2D eigenvalue weighted by atomic mass is 16.5. The average molecular weight is 476 g/mol. The standard InChI is InChI=1S/C27H21N7O2/c1-36-21-14-12-19(13-15-21)23-22(16-33-17-28-31-32-33)29-26-24(18-8-4-2-5-9-18)25(30-34(26)27(23)35)20-10-6-3-7-11-20/h2-15,17,30H,16H2,1H3. The number of hydrogen-bond donors (Lipinski definition) is 1. The molecule has 3 aromatic heterocycles. The van der Waals surface area contributed by atoms with Gasteiger partial charge in [-0.15, -0.1) is 5.10 Å². The minimum atomic E-state index is -0.215. The van der Waals surface area contributed by atoms with Crippen molar-refractivity contribution in [2.24, 2.45) is 0 Å². The van der Waals surface area contributed by atoms with Crippen LogP contribution in [0.15, 0.2) is 96.1 Å². The average Bonchev–Trinajstić information content (AvgIpc) is 3.58. The molecule has 0 aliphatic heterocycles. The Balaban J connectivity index is 1.67. The molecule has 0 radical (unpaired) electrons. The minimum Gasteiger partial charge on any atom is -0.497 e. The highest BCUT2D eigenvalue weighted by Crippen LogP contribution is 2.35. The van der Waals surface area contributed by atoms with Crippen LogP contribution < -0.4 is 10.3 Å². The topological polar surface area (TPSA) is 103 Å². The molecule has 176 valence electrons. The Bertz CT molecular complexity index is 1690. The zero-order valence-electron chi connectivity index (χ0n) is 19.4. The van der Waals surface area contributed by atoms with E-state index in [-0.39, 0.29) is 12.1 Å². The Hall–Kier alpha value is -5.05. The molecule has 0 aliphatic rings. The number of aromatic nitrogens is 7. The summed E-state index contributed by atoms with van der Waals surface area (Å²) in [7, 11) is 1.61. The number of fused-ring (bicyclic) bond motifs is 1. The van der Waals surface area contributed by atoms with Crippen LogP contribution in [0.5, 0.6) is 5.75 Å². The molecule has 0 bridgehead atoms. The summed E-state index contributed by atoms with van der Waals surface area (Å²) in [5.41, 5.74) is 5.63. The van der Waals surface area contributed by atoms with Crippen molar-refractivity contribution < 1.29 is 4.74 Å². The zero-order chi connectivity index (χ0) is 24.5. The van der Waals surface area contributed by atoms with Crippen molar-refractivity contribution in [1.82, 2.24) is 34.8 Å². The van der Waals surface area contributed by atoms with Crippen molar-refractivity contribution in [2.75, 3.05) is 7.11 Å². The van der Waals surface area contributed by atoms with Gasteiger partial charge in [-0.25, -0.2) is 9.67 Å². The van der Waals surface area contributed by atoms with Crippen molar-refractivity contribution in [2.45, 2.75) is 6.54 Å². The van der Waals surface area contributed by atoms with Gasteiger partial charge in [-0.05, 0) is 33.7 Å². The van der Waals surface area contributed by atoms with Crippen LogP contribution in [0.1, 0.15) is 5.69 Å². The van der Waals surface area contributed by atoms with Gasteiger partial charge in [0.1, 0.15) is 12.1 Å². The maximum atomic E-state index is 14.1. The Labute approximate surface area is 205 Å². The molecular formula is C27H21N7O2. The van der Waals surface area contributed by atoms with Gasteiger partial charge in [-0.2, -0.15) is 4.52 Å². The van der Waals surface area contributed by atoms with Gasteiger partial charge in [0, 0.05) is 5.56 Å². The van der Waals surface area contributed by atoms with E-state index in [0.717, 1.165) is 27.9 Å². The van der Waals surface area contributed by atoms with Crippen molar-refractivity contribution in [3.63, 3.8) is 0 Å². The fourth-order valence-electron chi connectivity index (χ4n) is 4.38. The summed E-state index contributed by atoms with van der Waals surface area (Å²) in [4.78, 5) is 19.1. The quantitative estimate of drug-likeness (QED) is 0.390. The molecule has 9 nitrogen and oxygen atoms in total. The molecule has 0 unspecified atom stereocenters. The highest BCUT2D eigenvalue weighted by Gasteiger charge is 2.23. The third-order valence-corrected chi connectivity index (χ3v) is 6.06. The molecule has 36 heavy (non-hydrogen) atoms. The smallest absolute Gasteiger partial charge is 0.280 e. The summed E-state index contributed by atoms with van der Waals surface area (Å²) in [6, 6.07) is 27.2. The third kappa shape index (κ3) is 3.72. The Morgan fingerprint density at radius 3 is 2.14 bits per heavy atom. The lowest BCUT2D eigenvalue weighted by Gasteiger charge is -2.10. The van der Waals surface area contributed by atoms with Crippen LogP contribution in [0.4, 0.5) is 0 Å². The zero-order valence-corrected chi connectivity index (χ0v) is 19.4.